The Hall–Kier alpha value is -0.350. The normalized spacial score (nSPS) is 16.5. The average molecular weight is 351 g/mol. The van der Waals surface area contributed by atoms with E-state index in [1.165, 1.54) is 24.8 Å². The molecule has 1 saturated heterocycles. The molecule has 1 heterocycles. The highest BCUT2D eigenvalue weighted by atomic mass is 35.5. The van der Waals surface area contributed by atoms with E-state index in [9.17, 15) is 4.39 Å². The number of unbranched alkanes of at least 4 members (excludes halogenated alkanes) is 2. The van der Waals surface area contributed by atoms with Crippen molar-refractivity contribution in [3.8, 4) is 0 Å². The van der Waals surface area contributed by atoms with Gasteiger partial charge in [0.05, 0.1) is 0 Å². The second-order valence-electron chi connectivity index (χ2n) is 5.75. The molecule has 0 aliphatic carbocycles. The van der Waals surface area contributed by atoms with Crippen molar-refractivity contribution in [2.75, 3.05) is 26.2 Å². The van der Waals surface area contributed by atoms with Crippen LogP contribution in [0.15, 0.2) is 18.2 Å². The van der Waals surface area contributed by atoms with Crippen LogP contribution >= 0.6 is 24.8 Å². The lowest BCUT2D eigenvalue weighted by Crippen LogP contribution is -2.45. The Morgan fingerprint density at radius 2 is 1.86 bits per heavy atom. The third-order valence-electron chi connectivity index (χ3n) is 4.34. The Morgan fingerprint density at radius 1 is 1.18 bits per heavy atom. The molecule has 0 aromatic heterocycles. The summed E-state index contributed by atoms with van der Waals surface area (Å²) in [5.74, 6) is -0.0712. The fourth-order valence-electron chi connectivity index (χ4n) is 3.10. The zero-order valence-electron chi connectivity index (χ0n) is 13.6. The summed E-state index contributed by atoms with van der Waals surface area (Å²) in [5.41, 5.74) is 2.01. The first-order valence-corrected chi connectivity index (χ1v) is 7.93. The predicted molar refractivity (Wildman–Crippen MR) is 97.0 cm³/mol. The van der Waals surface area contributed by atoms with Gasteiger partial charge in [-0.05, 0) is 30.5 Å². The predicted octanol–water partition coefficient (Wildman–Crippen LogP) is 4.50. The summed E-state index contributed by atoms with van der Waals surface area (Å²) in [6.45, 7) is 8.35. The van der Waals surface area contributed by atoms with Gasteiger partial charge in [-0.3, -0.25) is 4.90 Å². The van der Waals surface area contributed by atoms with Gasteiger partial charge in [-0.25, -0.2) is 4.39 Å². The molecule has 1 aromatic carbocycles. The highest BCUT2D eigenvalue weighted by molar-refractivity contribution is 5.85. The minimum Gasteiger partial charge on any atom is -0.314 e. The fraction of sp³-hybridized carbons (Fsp3) is 0.647. The molecular weight excluding hydrogens is 322 g/mol. The molecule has 2 nitrogen and oxygen atoms in total. The minimum atomic E-state index is -0.0712. The number of rotatable bonds is 6. The van der Waals surface area contributed by atoms with Gasteiger partial charge >= 0.3 is 0 Å². The summed E-state index contributed by atoms with van der Waals surface area (Å²) < 4.78 is 13.9. The van der Waals surface area contributed by atoms with Gasteiger partial charge in [0.25, 0.3) is 0 Å². The van der Waals surface area contributed by atoms with Gasteiger partial charge in [0.15, 0.2) is 0 Å². The molecule has 1 aromatic rings. The number of hydrogen-bond donors (Lipinski definition) is 1. The molecule has 0 unspecified atom stereocenters. The Balaban J connectivity index is 0.00000220. The first-order chi connectivity index (χ1) is 9.74. The largest absolute Gasteiger partial charge is 0.314 e. The third kappa shape index (κ3) is 5.69. The lowest BCUT2D eigenvalue weighted by atomic mass is 9.94. The number of benzene rings is 1. The van der Waals surface area contributed by atoms with Crippen molar-refractivity contribution in [3.63, 3.8) is 0 Å². The average Bonchev–Trinajstić information content (AvgIpc) is 2.48. The van der Waals surface area contributed by atoms with Crippen molar-refractivity contribution in [2.45, 2.75) is 45.6 Å². The topological polar surface area (TPSA) is 15.3 Å². The molecule has 1 fully saturated rings. The molecule has 0 amide bonds. The summed E-state index contributed by atoms with van der Waals surface area (Å²) in [4.78, 5) is 2.52. The van der Waals surface area contributed by atoms with Crippen LogP contribution in [0.3, 0.4) is 0 Å². The quantitative estimate of drug-likeness (QED) is 0.759. The van der Waals surface area contributed by atoms with E-state index >= 15 is 0 Å². The van der Waals surface area contributed by atoms with Crippen LogP contribution in [-0.4, -0.2) is 31.1 Å². The van der Waals surface area contributed by atoms with E-state index < -0.39 is 0 Å². The van der Waals surface area contributed by atoms with Crippen molar-refractivity contribution in [1.29, 1.82) is 0 Å². The standard InChI is InChI=1S/C17H27FN2.2ClH/c1-3-4-5-9-17(20-12-10-19-11-13-20)15-7-6-8-16(18)14(15)2;;/h6-8,17,19H,3-5,9-13H2,1-2H3;2*1H/t17-;;/m1../s1. The zero-order chi connectivity index (χ0) is 14.4. The maximum atomic E-state index is 13.9. The van der Waals surface area contributed by atoms with Crippen LogP contribution in [0, 0.1) is 12.7 Å². The fourth-order valence-corrected chi connectivity index (χ4v) is 3.10. The molecule has 0 saturated carbocycles. The molecule has 0 radical (unpaired) electrons. The number of hydrogen-bond acceptors (Lipinski definition) is 2. The second kappa shape index (κ2) is 11.2. The molecule has 1 atom stereocenters. The molecular formula is C17H29Cl2FN2. The van der Waals surface area contributed by atoms with Gasteiger partial charge in [0, 0.05) is 32.2 Å². The van der Waals surface area contributed by atoms with Crippen LogP contribution in [0.4, 0.5) is 4.39 Å². The van der Waals surface area contributed by atoms with Gasteiger partial charge in [0.1, 0.15) is 5.82 Å². The van der Waals surface area contributed by atoms with E-state index in [0.29, 0.717) is 6.04 Å². The molecule has 128 valence electrons. The lowest BCUT2D eigenvalue weighted by Gasteiger charge is -2.36. The molecule has 5 heteroatoms. The van der Waals surface area contributed by atoms with E-state index in [0.717, 1.165) is 38.2 Å². The monoisotopic (exact) mass is 350 g/mol. The van der Waals surface area contributed by atoms with E-state index in [4.69, 9.17) is 0 Å². The number of nitrogens with zero attached hydrogens (tertiary/aromatic N) is 1. The Morgan fingerprint density at radius 3 is 2.50 bits per heavy atom. The second-order valence-corrected chi connectivity index (χ2v) is 5.75. The third-order valence-corrected chi connectivity index (χ3v) is 4.34. The SMILES string of the molecule is CCCCC[C@H](c1cccc(F)c1C)N1CCNCC1.Cl.Cl. The molecule has 22 heavy (non-hydrogen) atoms. The molecule has 2 rings (SSSR count). The molecule has 1 aliphatic heterocycles. The van der Waals surface area contributed by atoms with Crippen molar-refractivity contribution in [2.24, 2.45) is 0 Å². The maximum Gasteiger partial charge on any atom is 0.126 e. The zero-order valence-corrected chi connectivity index (χ0v) is 15.2. The van der Waals surface area contributed by atoms with Crippen LogP contribution in [0.5, 0.6) is 0 Å². The minimum absolute atomic E-state index is 0. The van der Waals surface area contributed by atoms with Gasteiger partial charge in [-0.1, -0.05) is 38.3 Å². The Labute approximate surface area is 146 Å². The first-order valence-electron chi connectivity index (χ1n) is 7.93. The number of halogens is 3. The van der Waals surface area contributed by atoms with Gasteiger partial charge in [0.2, 0.25) is 0 Å². The van der Waals surface area contributed by atoms with Crippen LogP contribution in [-0.2, 0) is 0 Å². The van der Waals surface area contributed by atoms with E-state index in [-0.39, 0.29) is 30.6 Å². The van der Waals surface area contributed by atoms with Crippen LogP contribution < -0.4 is 5.32 Å². The number of nitrogens with one attached hydrogen (secondary N) is 1. The lowest BCUT2D eigenvalue weighted by molar-refractivity contribution is 0.162. The molecule has 1 N–H and O–H groups in total. The summed E-state index contributed by atoms with van der Waals surface area (Å²) in [5, 5.41) is 3.40. The van der Waals surface area contributed by atoms with Gasteiger partial charge < -0.3 is 5.32 Å². The molecule has 1 aliphatic rings. The molecule has 0 bridgehead atoms. The van der Waals surface area contributed by atoms with Gasteiger partial charge in [-0.2, -0.15) is 0 Å². The maximum absolute atomic E-state index is 13.9. The van der Waals surface area contributed by atoms with Crippen LogP contribution in [0.25, 0.3) is 0 Å². The summed E-state index contributed by atoms with van der Waals surface area (Å²) in [6.07, 6.45) is 4.85. The Kier molecular flexibility index (Phi) is 11.0. The highest BCUT2D eigenvalue weighted by Gasteiger charge is 2.23. The first kappa shape index (κ1) is 21.6. The Bertz CT molecular complexity index is 423. The summed E-state index contributed by atoms with van der Waals surface area (Å²) >= 11 is 0. The van der Waals surface area contributed by atoms with Crippen LogP contribution in [0.1, 0.15) is 49.8 Å². The van der Waals surface area contributed by atoms with Crippen molar-refractivity contribution >= 4 is 24.8 Å². The molecule has 0 spiro atoms. The van der Waals surface area contributed by atoms with Crippen molar-refractivity contribution in [3.05, 3.63) is 35.1 Å². The van der Waals surface area contributed by atoms with Crippen molar-refractivity contribution in [1.82, 2.24) is 10.2 Å². The smallest absolute Gasteiger partial charge is 0.126 e. The van der Waals surface area contributed by atoms with Crippen molar-refractivity contribution < 1.29 is 4.39 Å². The highest BCUT2D eigenvalue weighted by Crippen LogP contribution is 2.30. The van der Waals surface area contributed by atoms with E-state index in [1.807, 2.05) is 13.0 Å². The van der Waals surface area contributed by atoms with Crippen LogP contribution in [0.2, 0.25) is 0 Å². The summed E-state index contributed by atoms with van der Waals surface area (Å²) in [7, 11) is 0. The van der Waals surface area contributed by atoms with Gasteiger partial charge in [-0.15, -0.1) is 24.8 Å². The summed E-state index contributed by atoms with van der Waals surface area (Å²) in [6, 6.07) is 5.91. The number of piperazine rings is 1. The van der Waals surface area contributed by atoms with E-state index in [1.54, 1.807) is 6.07 Å². The van der Waals surface area contributed by atoms with E-state index in [2.05, 4.69) is 23.2 Å².